The predicted molar refractivity (Wildman–Crippen MR) is 198 cm³/mol. The molecule has 4 rings (SSSR count). The van der Waals surface area contributed by atoms with Crippen LogP contribution in [0.2, 0.25) is 0 Å². The molecule has 1 aliphatic rings. The average Bonchev–Trinajstić information content (AvgIpc) is 3.19. The average molecular weight is 743 g/mol. The van der Waals surface area contributed by atoms with Crippen LogP contribution in [0.5, 0.6) is 11.5 Å². The molecule has 0 N–H and O–H groups in total. The van der Waals surface area contributed by atoms with E-state index in [-0.39, 0.29) is 70.8 Å². The molecule has 0 aromatic heterocycles. The first kappa shape index (κ1) is 41.3. The monoisotopic (exact) mass is 742 g/mol. The Bertz CT molecular complexity index is 1800. The van der Waals surface area contributed by atoms with E-state index in [9.17, 15) is 24.0 Å². The minimum atomic E-state index is -1.04. The number of carbonyl (C=O) groups excluding carboxylic acids is 5. The number of hydrogen-bond donors (Lipinski definition) is 0. The number of ether oxygens (including phenoxy) is 7. The Morgan fingerprint density at radius 2 is 1.13 bits per heavy atom. The maximum atomic E-state index is 13.2. The van der Waals surface area contributed by atoms with E-state index in [0.717, 1.165) is 17.7 Å². The Morgan fingerprint density at radius 1 is 0.648 bits per heavy atom. The van der Waals surface area contributed by atoms with Crippen LogP contribution in [-0.4, -0.2) is 88.9 Å². The van der Waals surface area contributed by atoms with E-state index < -0.39 is 34.5 Å². The van der Waals surface area contributed by atoms with Gasteiger partial charge < -0.3 is 33.2 Å². The Kier molecular flexibility index (Phi) is 15.0. The van der Waals surface area contributed by atoms with Gasteiger partial charge in [-0.3, -0.25) is 9.59 Å². The first-order chi connectivity index (χ1) is 25.9. The SMILES string of the molecule is C=CC(=O)OCCOCC(CC)(COCCOC(=O)C=C)COCCOC(=O)C(=O)c1ccc2c(c1)C(C)(C)c1cc(C(=O)c3ccccc3)ccc1O2. The van der Waals surface area contributed by atoms with Crippen LogP contribution >= 0.6 is 0 Å². The maximum absolute atomic E-state index is 13.2. The predicted octanol–water partition coefficient (Wildman–Crippen LogP) is 5.98. The van der Waals surface area contributed by atoms with Crippen molar-refractivity contribution in [1.82, 2.24) is 0 Å². The molecule has 0 atom stereocenters. The molecular formula is C42H46O12. The molecular weight excluding hydrogens is 696 g/mol. The van der Waals surface area contributed by atoms with Crippen molar-refractivity contribution in [1.29, 1.82) is 0 Å². The number of ketones is 2. The fourth-order valence-electron chi connectivity index (χ4n) is 5.71. The molecule has 0 bridgehead atoms. The second kappa shape index (κ2) is 19.6. The second-order valence-corrected chi connectivity index (χ2v) is 13.1. The van der Waals surface area contributed by atoms with Gasteiger partial charge in [0.05, 0.1) is 39.6 Å². The van der Waals surface area contributed by atoms with E-state index in [4.69, 9.17) is 33.2 Å². The van der Waals surface area contributed by atoms with Crippen LogP contribution in [-0.2, 0) is 48.2 Å². The zero-order chi connectivity index (χ0) is 39.1. The molecule has 0 amide bonds. The van der Waals surface area contributed by atoms with Gasteiger partial charge in [-0.2, -0.15) is 0 Å². The molecule has 0 saturated heterocycles. The largest absolute Gasteiger partial charge is 0.460 e. The van der Waals surface area contributed by atoms with E-state index in [1.807, 2.05) is 45.0 Å². The third kappa shape index (κ3) is 10.8. The van der Waals surface area contributed by atoms with Crippen molar-refractivity contribution >= 4 is 29.5 Å². The lowest BCUT2D eigenvalue weighted by molar-refractivity contribution is -0.142. The lowest BCUT2D eigenvalue weighted by Crippen LogP contribution is -2.38. The van der Waals surface area contributed by atoms with Gasteiger partial charge in [0, 0.05) is 50.8 Å². The van der Waals surface area contributed by atoms with Crippen molar-refractivity contribution in [3.8, 4) is 11.5 Å². The highest BCUT2D eigenvalue weighted by Gasteiger charge is 2.36. The van der Waals surface area contributed by atoms with Crippen molar-refractivity contribution in [3.63, 3.8) is 0 Å². The topological polar surface area (TPSA) is 150 Å². The molecule has 1 aliphatic heterocycles. The van der Waals surface area contributed by atoms with E-state index in [0.29, 0.717) is 34.6 Å². The van der Waals surface area contributed by atoms with Crippen LogP contribution in [0, 0.1) is 5.41 Å². The highest BCUT2D eigenvalue weighted by molar-refractivity contribution is 6.40. The number of hydrogen-bond acceptors (Lipinski definition) is 12. The minimum absolute atomic E-state index is 0.0133. The first-order valence-electron chi connectivity index (χ1n) is 17.5. The van der Waals surface area contributed by atoms with Crippen molar-refractivity contribution in [2.45, 2.75) is 32.6 Å². The van der Waals surface area contributed by atoms with Gasteiger partial charge in [-0.25, -0.2) is 14.4 Å². The van der Waals surface area contributed by atoms with Crippen molar-refractivity contribution in [2.24, 2.45) is 5.41 Å². The summed E-state index contributed by atoms with van der Waals surface area (Å²) in [6, 6.07) is 19.1. The molecule has 54 heavy (non-hydrogen) atoms. The highest BCUT2D eigenvalue weighted by Crippen LogP contribution is 2.48. The Morgan fingerprint density at radius 3 is 1.63 bits per heavy atom. The number of esters is 3. The minimum Gasteiger partial charge on any atom is -0.460 e. The van der Waals surface area contributed by atoms with Crippen LogP contribution in [0.3, 0.4) is 0 Å². The van der Waals surface area contributed by atoms with Crippen LogP contribution in [0.1, 0.15) is 64.6 Å². The Hall–Kier alpha value is -5.43. The van der Waals surface area contributed by atoms with Gasteiger partial charge in [-0.15, -0.1) is 0 Å². The quantitative estimate of drug-likeness (QED) is 0.0298. The number of carbonyl (C=O) groups is 5. The zero-order valence-corrected chi connectivity index (χ0v) is 30.9. The standard InChI is InChI=1S/C42H46O12/c1-6-36(43)51-21-18-48-26-42(8-3,27-49-19-22-52-37(44)7-2)28-50-20-23-53-40(47)39(46)31-15-17-35-33(25-31)41(4,5)32-24-30(14-16-34(32)54-35)38(45)29-12-10-9-11-13-29/h6-7,9-17,24-25H,1-2,8,18-23,26-28H2,3-5H3. The number of rotatable bonds is 22. The summed E-state index contributed by atoms with van der Waals surface area (Å²) in [5, 5.41) is 0. The zero-order valence-electron chi connectivity index (χ0n) is 30.9. The van der Waals surface area contributed by atoms with Crippen molar-refractivity contribution < 1.29 is 57.1 Å². The number of benzene rings is 3. The van der Waals surface area contributed by atoms with Gasteiger partial charge in [0.15, 0.2) is 5.78 Å². The van der Waals surface area contributed by atoms with Crippen LogP contribution in [0.25, 0.3) is 0 Å². The molecule has 0 aliphatic carbocycles. The first-order valence-corrected chi connectivity index (χ1v) is 17.5. The molecule has 1 heterocycles. The van der Waals surface area contributed by atoms with Gasteiger partial charge in [-0.1, -0.05) is 64.3 Å². The maximum Gasteiger partial charge on any atom is 0.379 e. The van der Waals surface area contributed by atoms with Crippen LogP contribution in [0.15, 0.2) is 92.0 Å². The van der Waals surface area contributed by atoms with E-state index in [1.165, 1.54) is 6.07 Å². The van der Waals surface area contributed by atoms with Gasteiger partial charge in [0.2, 0.25) is 0 Å². The molecule has 0 fully saturated rings. The summed E-state index contributed by atoms with van der Waals surface area (Å²) in [4.78, 5) is 61.9. The Balaban J connectivity index is 1.33. The summed E-state index contributed by atoms with van der Waals surface area (Å²) in [6.07, 6.45) is 2.69. The van der Waals surface area contributed by atoms with Gasteiger partial charge >= 0.3 is 17.9 Å². The normalized spacial score (nSPS) is 12.6. The third-order valence-electron chi connectivity index (χ3n) is 8.98. The van der Waals surface area contributed by atoms with Crippen molar-refractivity contribution in [3.05, 3.63) is 120 Å². The summed E-state index contributed by atoms with van der Waals surface area (Å²) >= 11 is 0. The smallest absolute Gasteiger partial charge is 0.379 e. The molecule has 0 unspecified atom stereocenters. The lowest BCUT2D eigenvalue weighted by Gasteiger charge is -2.35. The van der Waals surface area contributed by atoms with Crippen LogP contribution in [0.4, 0.5) is 0 Å². The second-order valence-electron chi connectivity index (χ2n) is 13.1. The molecule has 0 spiro atoms. The van der Waals surface area contributed by atoms with Crippen LogP contribution < -0.4 is 4.74 Å². The summed E-state index contributed by atoms with van der Waals surface area (Å²) in [7, 11) is 0. The Labute approximate surface area is 315 Å². The molecule has 3 aromatic carbocycles. The summed E-state index contributed by atoms with van der Waals surface area (Å²) in [6.45, 7) is 13.2. The number of Topliss-reactive ketones (excluding diaryl/α,β-unsaturated/α-hetero) is 1. The molecule has 0 radical (unpaired) electrons. The fourth-order valence-corrected chi connectivity index (χ4v) is 5.71. The number of fused-ring (bicyclic) bond motifs is 2. The molecule has 12 nitrogen and oxygen atoms in total. The fraction of sp³-hybridized carbons (Fsp3) is 0.357. The van der Waals surface area contributed by atoms with Gasteiger partial charge in [0.1, 0.15) is 31.3 Å². The molecule has 0 saturated carbocycles. The highest BCUT2D eigenvalue weighted by atomic mass is 16.6. The molecule has 3 aromatic rings. The van der Waals surface area contributed by atoms with Gasteiger partial charge in [-0.05, 0) is 42.8 Å². The van der Waals surface area contributed by atoms with E-state index in [1.54, 1.807) is 36.4 Å². The lowest BCUT2D eigenvalue weighted by atomic mass is 9.74. The van der Waals surface area contributed by atoms with Gasteiger partial charge in [0.25, 0.3) is 5.78 Å². The van der Waals surface area contributed by atoms with Crippen molar-refractivity contribution in [2.75, 3.05) is 59.5 Å². The summed E-state index contributed by atoms with van der Waals surface area (Å²) in [5.41, 5.74) is 1.34. The summed E-state index contributed by atoms with van der Waals surface area (Å²) < 4.78 is 38.7. The summed E-state index contributed by atoms with van der Waals surface area (Å²) in [5.74, 6) is -1.97. The third-order valence-corrected chi connectivity index (χ3v) is 8.98. The van der Waals surface area contributed by atoms with E-state index >= 15 is 0 Å². The molecule has 12 heteroatoms. The molecule has 286 valence electrons. The van der Waals surface area contributed by atoms with E-state index in [2.05, 4.69) is 13.2 Å².